The van der Waals surface area contributed by atoms with Gasteiger partial charge in [0.15, 0.2) is 0 Å². The molecule has 0 saturated carbocycles. The zero-order valence-corrected chi connectivity index (χ0v) is 6.74. The summed E-state index contributed by atoms with van der Waals surface area (Å²) in [5.74, 6) is 0. The standard InChI is InChI=1S/C8H9NS/c1-3-7-4-5-10-8(7)6-9-2/h4-5H,3,6H2,1H3. The molecule has 0 spiro atoms. The molecule has 1 heterocycles. The van der Waals surface area contributed by atoms with Gasteiger partial charge in [0.1, 0.15) is 0 Å². The van der Waals surface area contributed by atoms with E-state index in [1.165, 1.54) is 10.4 Å². The first-order chi connectivity index (χ1) is 4.88. The van der Waals surface area contributed by atoms with Gasteiger partial charge in [-0.25, -0.2) is 6.57 Å². The maximum absolute atomic E-state index is 6.68. The quantitative estimate of drug-likeness (QED) is 0.572. The van der Waals surface area contributed by atoms with Gasteiger partial charge >= 0.3 is 0 Å². The second-order valence-corrected chi connectivity index (χ2v) is 3.04. The summed E-state index contributed by atoms with van der Waals surface area (Å²) in [5, 5.41) is 2.05. The van der Waals surface area contributed by atoms with E-state index >= 15 is 0 Å². The third-order valence-electron chi connectivity index (χ3n) is 1.44. The molecule has 0 aliphatic heterocycles. The largest absolute Gasteiger partial charge is 0.311 e. The van der Waals surface area contributed by atoms with Crippen LogP contribution in [0.2, 0.25) is 0 Å². The normalized spacial score (nSPS) is 9.20. The SMILES string of the molecule is [C-]#[N+]Cc1sccc1CC. The Labute approximate surface area is 65.1 Å². The molecule has 0 aromatic carbocycles. The molecule has 0 atom stereocenters. The van der Waals surface area contributed by atoms with Crippen LogP contribution in [-0.4, -0.2) is 0 Å². The van der Waals surface area contributed by atoms with E-state index in [0.29, 0.717) is 6.54 Å². The van der Waals surface area contributed by atoms with Crippen LogP contribution in [-0.2, 0) is 13.0 Å². The molecule has 0 N–H and O–H groups in total. The molecule has 0 fully saturated rings. The summed E-state index contributed by atoms with van der Waals surface area (Å²) in [7, 11) is 0. The maximum atomic E-state index is 6.68. The third-order valence-corrected chi connectivity index (χ3v) is 2.39. The first-order valence-corrected chi connectivity index (χ1v) is 4.15. The summed E-state index contributed by atoms with van der Waals surface area (Å²) in [4.78, 5) is 4.58. The minimum Gasteiger partial charge on any atom is -0.311 e. The zero-order valence-electron chi connectivity index (χ0n) is 5.92. The highest BCUT2D eigenvalue weighted by Crippen LogP contribution is 2.17. The second-order valence-electron chi connectivity index (χ2n) is 2.04. The molecule has 0 aliphatic rings. The van der Waals surface area contributed by atoms with E-state index in [0.717, 1.165) is 6.42 Å². The molecule has 1 aromatic heterocycles. The van der Waals surface area contributed by atoms with Gasteiger partial charge in [0.25, 0.3) is 0 Å². The van der Waals surface area contributed by atoms with Gasteiger partial charge in [0.05, 0.1) is 4.88 Å². The van der Waals surface area contributed by atoms with Crippen molar-refractivity contribution < 1.29 is 0 Å². The Balaban J connectivity index is 2.82. The first-order valence-electron chi connectivity index (χ1n) is 3.27. The molecule has 10 heavy (non-hydrogen) atoms. The molecule has 0 radical (unpaired) electrons. The smallest absolute Gasteiger partial charge is 0.249 e. The van der Waals surface area contributed by atoms with Crippen molar-refractivity contribution in [2.75, 3.05) is 0 Å². The lowest BCUT2D eigenvalue weighted by Gasteiger charge is -1.89. The Morgan fingerprint density at radius 1 is 1.70 bits per heavy atom. The Morgan fingerprint density at radius 2 is 2.50 bits per heavy atom. The minimum absolute atomic E-state index is 0.556. The highest BCUT2D eigenvalue weighted by molar-refractivity contribution is 7.10. The van der Waals surface area contributed by atoms with Gasteiger partial charge in [0.2, 0.25) is 6.54 Å². The van der Waals surface area contributed by atoms with Crippen LogP contribution in [0.15, 0.2) is 11.4 Å². The molecular weight excluding hydrogens is 142 g/mol. The van der Waals surface area contributed by atoms with Gasteiger partial charge in [-0.1, -0.05) is 6.92 Å². The van der Waals surface area contributed by atoms with Gasteiger partial charge < -0.3 is 4.85 Å². The average Bonchev–Trinajstić information content (AvgIpc) is 2.36. The topological polar surface area (TPSA) is 4.36 Å². The highest BCUT2D eigenvalue weighted by atomic mass is 32.1. The van der Waals surface area contributed by atoms with E-state index in [9.17, 15) is 0 Å². The zero-order chi connectivity index (χ0) is 7.40. The van der Waals surface area contributed by atoms with Crippen LogP contribution in [0.1, 0.15) is 17.4 Å². The second kappa shape index (κ2) is 3.38. The van der Waals surface area contributed by atoms with Gasteiger partial charge in [-0.2, -0.15) is 0 Å². The van der Waals surface area contributed by atoms with Gasteiger partial charge in [-0.05, 0) is 23.4 Å². The Morgan fingerprint density at radius 3 is 3.10 bits per heavy atom. The van der Waals surface area contributed by atoms with E-state index in [2.05, 4.69) is 23.2 Å². The van der Waals surface area contributed by atoms with Crippen LogP contribution in [0.25, 0.3) is 4.85 Å². The predicted molar refractivity (Wildman–Crippen MR) is 44.0 cm³/mol. The van der Waals surface area contributed by atoms with Gasteiger partial charge in [0, 0.05) is 0 Å². The van der Waals surface area contributed by atoms with Crippen LogP contribution in [0, 0.1) is 6.57 Å². The lowest BCUT2D eigenvalue weighted by atomic mass is 10.2. The van der Waals surface area contributed by atoms with Gasteiger partial charge in [-0.15, -0.1) is 11.3 Å². The number of hydrogen-bond acceptors (Lipinski definition) is 1. The maximum Gasteiger partial charge on any atom is 0.249 e. The van der Waals surface area contributed by atoms with Crippen molar-refractivity contribution >= 4 is 11.3 Å². The molecule has 52 valence electrons. The van der Waals surface area contributed by atoms with Crippen LogP contribution >= 0.6 is 11.3 Å². The first kappa shape index (κ1) is 7.30. The number of thiophene rings is 1. The van der Waals surface area contributed by atoms with E-state index < -0.39 is 0 Å². The number of aryl methyl sites for hydroxylation is 1. The number of nitrogens with zero attached hydrogens (tertiary/aromatic N) is 1. The Kier molecular flexibility index (Phi) is 2.47. The summed E-state index contributed by atoms with van der Waals surface area (Å²) in [6.07, 6.45) is 1.05. The van der Waals surface area contributed by atoms with E-state index in [-0.39, 0.29) is 0 Å². The fraction of sp³-hybridized carbons (Fsp3) is 0.375. The third kappa shape index (κ3) is 1.37. The Bertz CT molecular complexity index is 244. The molecule has 1 nitrogen and oxygen atoms in total. The lowest BCUT2D eigenvalue weighted by Crippen LogP contribution is -1.80. The van der Waals surface area contributed by atoms with Crippen molar-refractivity contribution in [3.63, 3.8) is 0 Å². The molecule has 0 aliphatic carbocycles. The van der Waals surface area contributed by atoms with Crippen molar-refractivity contribution in [3.05, 3.63) is 33.3 Å². The van der Waals surface area contributed by atoms with E-state index in [1.807, 2.05) is 0 Å². The molecule has 1 rings (SSSR count). The molecule has 0 bridgehead atoms. The lowest BCUT2D eigenvalue weighted by molar-refractivity contribution is 1.11. The summed E-state index contributed by atoms with van der Waals surface area (Å²) in [6.45, 7) is 9.36. The van der Waals surface area contributed by atoms with Crippen LogP contribution in [0.3, 0.4) is 0 Å². The molecule has 0 unspecified atom stereocenters. The van der Waals surface area contributed by atoms with Crippen LogP contribution in [0.4, 0.5) is 0 Å². The minimum atomic E-state index is 0.556. The number of hydrogen-bond donors (Lipinski definition) is 0. The van der Waals surface area contributed by atoms with Gasteiger partial charge in [-0.3, -0.25) is 0 Å². The van der Waals surface area contributed by atoms with E-state index in [1.54, 1.807) is 11.3 Å². The van der Waals surface area contributed by atoms with Crippen molar-refractivity contribution in [1.29, 1.82) is 0 Å². The van der Waals surface area contributed by atoms with Crippen molar-refractivity contribution in [3.8, 4) is 0 Å². The van der Waals surface area contributed by atoms with Crippen LogP contribution in [0.5, 0.6) is 0 Å². The summed E-state index contributed by atoms with van der Waals surface area (Å²) in [5.41, 5.74) is 1.33. The molecule has 2 heteroatoms. The molecule has 1 aromatic rings. The summed E-state index contributed by atoms with van der Waals surface area (Å²) in [6, 6.07) is 2.10. The molecule has 0 saturated heterocycles. The van der Waals surface area contributed by atoms with Crippen molar-refractivity contribution in [1.82, 2.24) is 0 Å². The summed E-state index contributed by atoms with van der Waals surface area (Å²) >= 11 is 1.68. The molecular formula is C8H9NS. The fourth-order valence-corrected chi connectivity index (χ4v) is 1.79. The highest BCUT2D eigenvalue weighted by Gasteiger charge is 2.02. The van der Waals surface area contributed by atoms with E-state index in [4.69, 9.17) is 6.57 Å². The predicted octanol–water partition coefficient (Wildman–Crippen LogP) is 2.73. The summed E-state index contributed by atoms with van der Waals surface area (Å²) < 4.78 is 0. The van der Waals surface area contributed by atoms with Crippen LogP contribution < -0.4 is 0 Å². The molecule has 0 amide bonds. The van der Waals surface area contributed by atoms with Crippen molar-refractivity contribution in [2.45, 2.75) is 19.9 Å². The van der Waals surface area contributed by atoms with Crippen molar-refractivity contribution in [2.24, 2.45) is 0 Å². The fourth-order valence-electron chi connectivity index (χ4n) is 0.893. The monoisotopic (exact) mass is 151 g/mol. The average molecular weight is 151 g/mol. The Hall–Kier alpha value is -0.810. The number of rotatable bonds is 2.